The predicted octanol–water partition coefficient (Wildman–Crippen LogP) is 8.20. The molecule has 0 saturated carbocycles. The Morgan fingerprint density at radius 2 is 1.69 bits per heavy atom. The van der Waals surface area contributed by atoms with Gasteiger partial charge in [0.15, 0.2) is 11.6 Å². The molecule has 6 heteroatoms. The molecule has 0 amide bonds. The molecule has 0 saturated heterocycles. The maximum Gasteiger partial charge on any atom is 0.331 e. The van der Waals surface area contributed by atoms with Crippen LogP contribution in [0.5, 0.6) is 11.5 Å². The number of ketones is 2. The second-order valence-electron chi connectivity index (χ2n) is 12.0. The van der Waals surface area contributed by atoms with Crippen molar-refractivity contribution in [2.75, 3.05) is 0 Å². The number of aromatic hydroxyl groups is 2. The summed E-state index contributed by atoms with van der Waals surface area (Å²) in [7, 11) is 0. The van der Waals surface area contributed by atoms with E-state index < -0.39 is 35.1 Å². The van der Waals surface area contributed by atoms with E-state index in [1.807, 2.05) is 32.9 Å². The lowest BCUT2D eigenvalue weighted by Crippen LogP contribution is -2.28. The molecule has 0 fully saturated rings. The number of Topliss-reactive ketones (excluding diaryl/α,β-unsaturated/α-hetero) is 1. The van der Waals surface area contributed by atoms with Gasteiger partial charge in [0.1, 0.15) is 17.6 Å². The van der Waals surface area contributed by atoms with Crippen molar-refractivity contribution in [3.8, 4) is 11.5 Å². The lowest BCUT2D eigenvalue weighted by atomic mass is 9.72. The number of hydrogen-bond acceptors (Lipinski definition) is 6. The summed E-state index contributed by atoms with van der Waals surface area (Å²) in [5.74, 6) is -2.80. The smallest absolute Gasteiger partial charge is 0.331 e. The van der Waals surface area contributed by atoms with Gasteiger partial charge >= 0.3 is 5.97 Å². The van der Waals surface area contributed by atoms with Crippen LogP contribution in [0.3, 0.4) is 0 Å². The number of rotatable bonds is 9. The molecule has 2 aliphatic rings. The molecule has 0 aromatic heterocycles. The number of phenols is 2. The Bertz CT molecular complexity index is 1480. The van der Waals surface area contributed by atoms with Gasteiger partial charge in [0.2, 0.25) is 0 Å². The van der Waals surface area contributed by atoms with Gasteiger partial charge in [-0.15, -0.1) is 0 Å². The first kappa shape index (κ1) is 32.3. The maximum absolute atomic E-state index is 13.3. The first-order valence-corrected chi connectivity index (χ1v) is 14.3. The number of allylic oxidation sites excluding steroid dienone is 11. The van der Waals surface area contributed by atoms with Crippen LogP contribution in [0.4, 0.5) is 0 Å². The molecule has 0 bridgehead atoms. The number of fused-ring (bicyclic) bond motifs is 1. The largest absolute Gasteiger partial charge is 0.507 e. The van der Waals surface area contributed by atoms with Crippen molar-refractivity contribution in [1.82, 2.24) is 0 Å². The van der Waals surface area contributed by atoms with Gasteiger partial charge in [-0.2, -0.15) is 0 Å². The van der Waals surface area contributed by atoms with Gasteiger partial charge in [0, 0.05) is 18.1 Å². The maximum atomic E-state index is 13.3. The second-order valence-corrected chi connectivity index (χ2v) is 12.0. The lowest BCUT2D eigenvalue weighted by Gasteiger charge is -2.32. The van der Waals surface area contributed by atoms with Gasteiger partial charge in [-0.25, -0.2) is 4.79 Å². The molecule has 0 aliphatic heterocycles. The van der Waals surface area contributed by atoms with Crippen LogP contribution in [0.25, 0.3) is 0 Å². The van der Waals surface area contributed by atoms with E-state index >= 15 is 0 Å². The minimum absolute atomic E-state index is 0.0577. The summed E-state index contributed by atoms with van der Waals surface area (Å²) in [6.07, 6.45) is 16.8. The minimum Gasteiger partial charge on any atom is -0.507 e. The molecule has 1 unspecified atom stereocenters. The molecule has 6 nitrogen and oxygen atoms in total. The van der Waals surface area contributed by atoms with E-state index in [0.29, 0.717) is 5.57 Å². The van der Waals surface area contributed by atoms with Crippen LogP contribution >= 0.6 is 0 Å². The lowest BCUT2D eigenvalue weighted by molar-refractivity contribution is -0.141. The Morgan fingerprint density at radius 3 is 2.33 bits per heavy atom. The quantitative estimate of drug-likeness (QED) is 0.102. The Hall–Kier alpha value is -4.19. The summed E-state index contributed by atoms with van der Waals surface area (Å²) in [4.78, 5) is 39.0. The minimum atomic E-state index is -1.05. The Balaban J connectivity index is 1.76. The standard InChI is InChI=1S/C36H42O6/c1-22(2)13-18-31(26-21-30(39)33-28(37)16-17-29(38)34(33)35(26)41)42-32(40)20-24(4)11-8-10-23(3)14-15-27-25(5)12-9-19-36(27,6)7/h8,10-11,13-17,20-21,31,37-38H,9,12,18-19H2,1-7H3/b11-8?,15-14?,23-10?,24-20-. The fraction of sp³-hybridized carbons (Fsp3) is 0.361. The molecule has 42 heavy (non-hydrogen) atoms. The zero-order valence-corrected chi connectivity index (χ0v) is 25.7. The highest BCUT2D eigenvalue weighted by Gasteiger charge is 2.35. The van der Waals surface area contributed by atoms with Crippen molar-refractivity contribution >= 4 is 17.5 Å². The van der Waals surface area contributed by atoms with Crippen molar-refractivity contribution in [2.24, 2.45) is 5.41 Å². The number of esters is 1. The molecule has 222 valence electrons. The van der Waals surface area contributed by atoms with Crippen molar-refractivity contribution < 1.29 is 29.3 Å². The topological polar surface area (TPSA) is 101 Å². The van der Waals surface area contributed by atoms with Crippen LogP contribution < -0.4 is 0 Å². The third kappa shape index (κ3) is 7.96. The van der Waals surface area contributed by atoms with Gasteiger partial charge < -0.3 is 14.9 Å². The average molecular weight is 571 g/mol. The Morgan fingerprint density at radius 1 is 1.02 bits per heavy atom. The van der Waals surface area contributed by atoms with Gasteiger partial charge in [0.25, 0.3) is 0 Å². The monoisotopic (exact) mass is 570 g/mol. The van der Waals surface area contributed by atoms with Crippen LogP contribution in [0.15, 0.2) is 94.2 Å². The van der Waals surface area contributed by atoms with Crippen LogP contribution in [-0.4, -0.2) is 33.9 Å². The van der Waals surface area contributed by atoms with Crippen molar-refractivity contribution in [2.45, 2.75) is 80.3 Å². The van der Waals surface area contributed by atoms with Crippen LogP contribution in [0.1, 0.15) is 94.9 Å². The van der Waals surface area contributed by atoms with Gasteiger partial charge in [-0.1, -0.05) is 67.0 Å². The van der Waals surface area contributed by atoms with Crippen molar-refractivity contribution in [3.05, 3.63) is 105 Å². The number of carbonyl (C=O) groups is 3. The second kappa shape index (κ2) is 13.6. The number of phenolic OH excluding ortho intramolecular Hbond substituents is 2. The van der Waals surface area contributed by atoms with E-state index in [0.717, 1.165) is 35.8 Å². The predicted molar refractivity (Wildman–Crippen MR) is 167 cm³/mol. The van der Waals surface area contributed by atoms with Gasteiger partial charge in [-0.05, 0) is 88.7 Å². The Labute approximate surface area is 249 Å². The molecule has 1 aromatic rings. The third-order valence-electron chi connectivity index (χ3n) is 7.65. The molecule has 2 aliphatic carbocycles. The number of hydrogen-bond donors (Lipinski definition) is 2. The SMILES string of the molecule is CC(C)=CCC(OC(=O)/C=C(/C)C=CC=C(C)C=CC1=C(C)CCCC1(C)C)C1=CC(=O)c2c(O)ccc(O)c2C1=O. The fourth-order valence-electron chi connectivity index (χ4n) is 5.34. The zero-order valence-electron chi connectivity index (χ0n) is 25.7. The molecule has 1 aromatic carbocycles. The number of ether oxygens (including phenoxy) is 1. The van der Waals surface area contributed by atoms with Crippen LogP contribution in [-0.2, 0) is 9.53 Å². The first-order chi connectivity index (χ1) is 19.7. The third-order valence-corrected chi connectivity index (χ3v) is 7.65. The molecular weight excluding hydrogens is 528 g/mol. The van der Waals surface area contributed by atoms with Crippen LogP contribution in [0, 0.1) is 5.41 Å². The highest BCUT2D eigenvalue weighted by atomic mass is 16.5. The van der Waals surface area contributed by atoms with Gasteiger partial charge in [-0.3, -0.25) is 9.59 Å². The van der Waals surface area contributed by atoms with Gasteiger partial charge in [0.05, 0.1) is 11.1 Å². The zero-order chi connectivity index (χ0) is 31.2. The summed E-state index contributed by atoms with van der Waals surface area (Å²) in [6.45, 7) is 14.3. The van der Waals surface area contributed by atoms with Crippen molar-refractivity contribution in [1.29, 1.82) is 0 Å². The highest BCUT2D eigenvalue weighted by molar-refractivity contribution is 6.27. The van der Waals surface area contributed by atoms with Crippen LogP contribution in [0.2, 0.25) is 0 Å². The summed E-state index contributed by atoms with van der Waals surface area (Å²) < 4.78 is 5.67. The molecule has 3 rings (SSSR count). The molecule has 2 N–H and O–H groups in total. The number of carbonyl (C=O) groups excluding carboxylic acids is 3. The molecule has 0 radical (unpaired) electrons. The Kier molecular flexibility index (Phi) is 10.5. The molecule has 0 heterocycles. The number of benzene rings is 1. The van der Waals surface area contributed by atoms with E-state index in [4.69, 9.17) is 4.74 Å². The first-order valence-electron chi connectivity index (χ1n) is 14.3. The summed E-state index contributed by atoms with van der Waals surface area (Å²) >= 11 is 0. The molecule has 0 spiro atoms. The highest BCUT2D eigenvalue weighted by Crippen LogP contribution is 2.41. The molecule has 1 atom stereocenters. The van der Waals surface area contributed by atoms with E-state index in [9.17, 15) is 24.6 Å². The average Bonchev–Trinajstić information content (AvgIpc) is 2.89. The van der Waals surface area contributed by atoms with E-state index in [2.05, 4.69) is 32.9 Å². The normalized spacial score (nSPS) is 18.3. The van der Waals surface area contributed by atoms with E-state index in [-0.39, 0.29) is 28.5 Å². The summed E-state index contributed by atoms with van der Waals surface area (Å²) in [5, 5.41) is 20.4. The summed E-state index contributed by atoms with van der Waals surface area (Å²) in [5.41, 5.74) is 5.07. The van der Waals surface area contributed by atoms with E-state index in [1.165, 1.54) is 30.1 Å². The summed E-state index contributed by atoms with van der Waals surface area (Å²) in [6, 6.07) is 2.31. The fourth-order valence-corrected chi connectivity index (χ4v) is 5.34. The van der Waals surface area contributed by atoms with Crippen molar-refractivity contribution in [3.63, 3.8) is 0 Å². The van der Waals surface area contributed by atoms with E-state index in [1.54, 1.807) is 19.1 Å². The molecular formula is C36H42O6.